The predicted molar refractivity (Wildman–Crippen MR) is 122 cm³/mol. The molecule has 2 heterocycles. The number of benzene rings is 2. The van der Waals surface area contributed by atoms with Gasteiger partial charge in [-0.25, -0.2) is 4.68 Å². The van der Waals surface area contributed by atoms with Gasteiger partial charge in [0.25, 0.3) is 5.56 Å². The second-order valence-electron chi connectivity index (χ2n) is 6.89. The second kappa shape index (κ2) is 8.82. The van der Waals surface area contributed by atoms with Crippen molar-refractivity contribution in [2.45, 2.75) is 11.6 Å². The molecular weight excluding hydrogens is 457 g/mol. The molecule has 10 heteroatoms. The minimum absolute atomic E-state index is 0.123. The Hall–Kier alpha value is -2.68. The Morgan fingerprint density at radius 1 is 1.06 bits per heavy atom. The molecule has 4 rings (SSSR count). The normalized spacial score (nSPS) is 11.2. The van der Waals surface area contributed by atoms with E-state index in [2.05, 4.69) is 15.3 Å². The van der Waals surface area contributed by atoms with Crippen molar-refractivity contribution < 1.29 is 4.79 Å². The lowest BCUT2D eigenvalue weighted by Crippen LogP contribution is -2.21. The largest absolute Gasteiger partial charge is 0.309 e. The van der Waals surface area contributed by atoms with Gasteiger partial charge in [0.2, 0.25) is 0 Å². The number of aryl methyl sites for hydroxylation is 1. The molecule has 158 valence electrons. The van der Waals surface area contributed by atoms with Gasteiger partial charge in [0.05, 0.1) is 28.3 Å². The third-order valence-electron chi connectivity index (χ3n) is 4.85. The van der Waals surface area contributed by atoms with Crippen molar-refractivity contribution in [3.63, 3.8) is 0 Å². The topological polar surface area (TPSA) is 82.7 Å². The fraction of sp³-hybridized carbons (Fsp3) is 0.190. The molecule has 2 aromatic heterocycles. The molecule has 0 saturated carbocycles. The van der Waals surface area contributed by atoms with E-state index >= 15 is 0 Å². The van der Waals surface area contributed by atoms with E-state index in [1.807, 2.05) is 29.8 Å². The first kappa shape index (κ1) is 21.5. The van der Waals surface area contributed by atoms with Gasteiger partial charge < -0.3 is 4.57 Å². The summed E-state index contributed by atoms with van der Waals surface area (Å²) in [6.45, 7) is 0. The quantitative estimate of drug-likeness (QED) is 0.311. The highest BCUT2D eigenvalue weighted by molar-refractivity contribution is 7.99. The smallest absolute Gasteiger partial charge is 0.274 e. The summed E-state index contributed by atoms with van der Waals surface area (Å²) in [7, 11) is 3.46. The van der Waals surface area contributed by atoms with Crippen LogP contribution in [0.2, 0.25) is 10.0 Å². The molecule has 0 aliphatic carbocycles. The van der Waals surface area contributed by atoms with Gasteiger partial charge in [-0.05, 0) is 24.3 Å². The summed E-state index contributed by atoms with van der Waals surface area (Å²) < 4.78 is 3.15. The molecule has 0 aliphatic heterocycles. The fourth-order valence-corrected chi connectivity index (χ4v) is 4.53. The summed E-state index contributed by atoms with van der Waals surface area (Å²) in [5.41, 5.74) is 1.00. The zero-order chi connectivity index (χ0) is 22.1. The molecule has 4 aromatic rings. The van der Waals surface area contributed by atoms with Crippen molar-refractivity contribution in [3.8, 4) is 0 Å². The van der Waals surface area contributed by atoms with Crippen molar-refractivity contribution in [1.82, 2.24) is 24.5 Å². The highest BCUT2D eigenvalue weighted by atomic mass is 35.5. The molecule has 0 aliphatic rings. The zero-order valence-electron chi connectivity index (χ0n) is 16.7. The molecule has 7 nitrogen and oxygen atoms in total. The third kappa shape index (κ3) is 4.37. The molecule has 0 N–H and O–H groups in total. The number of nitrogens with zero attached hydrogens (tertiary/aromatic N) is 5. The Morgan fingerprint density at radius 2 is 1.81 bits per heavy atom. The third-order valence-corrected chi connectivity index (χ3v) is 6.42. The second-order valence-corrected chi connectivity index (χ2v) is 8.68. The Kier molecular flexibility index (Phi) is 6.13. The predicted octanol–water partition coefficient (Wildman–Crippen LogP) is 3.93. The van der Waals surface area contributed by atoms with Crippen LogP contribution in [-0.4, -0.2) is 36.1 Å². The number of carbonyl (C=O) groups excluding carboxylic acids is 1. The van der Waals surface area contributed by atoms with E-state index in [0.29, 0.717) is 38.4 Å². The number of hydrogen-bond donors (Lipinski definition) is 0. The Balaban J connectivity index is 1.54. The van der Waals surface area contributed by atoms with Crippen LogP contribution in [0.3, 0.4) is 0 Å². The van der Waals surface area contributed by atoms with Crippen LogP contribution in [0.1, 0.15) is 21.9 Å². The van der Waals surface area contributed by atoms with E-state index in [4.69, 9.17) is 23.2 Å². The van der Waals surface area contributed by atoms with Crippen molar-refractivity contribution in [3.05, 3.63) is 79.9 Å². The zero-order valence-corrected chi connectivity index (χ0v) is 19.0. The first-order valence-corrected chi connectivity index (χ1v) is 11.0. The summed E-state index contributed by atoms with van der Waals surface area (Å²) in [6.07, 6.45) is 0.398. The van der Waals surface area contributed by atoms with Gasteiger partial charge in [0.1, 0.15) is 5.82 Å². The maximum absolute atomic E-state index is 12.5. The van der Waals surface area contributed by atoms with Crippen LogP contribution in [0, 0.1) is 0 Å². The molecule has 0 amide bonds. The number of carbonyl (C=O) groups is 1. The summed E-state index contributed by atoms with van der Waals surface area (Å²) in [5.74, 6) is 0.714. The van der Waals surface area contributed by atoms with E-state index in [9.17, 15) is 9.59 Å². The van der Waals surface area contributed by atoms with Crippen LogP contribution in [0.15, 0.2) is 52.4 Å². The Bertz CT molecular complexity index is 1370. The molecule has 0 bridgehead atoms. The summed E-state index contributed by atoms with van der Waals surface area (Å²) in [4.78, 5) is 24.9. The van der Waals surface area contributed by atoms with Crippen molar-refractivity contribution >= 4 is 51.5 Å². The first-order valence-electron chi connectivity index (χ1n) is 9.29. The number of rotatable bonds is 6. The number of thioether (sulfide) groups is 1. The lowest BCUT2D eigenvalue weighted by molar-refractivity contribution is 0.102. The van der Waals surface area contributed by atoms with Crippen molar-refractivity contribution in [1.29, 1.82) is 0 Å². The minimum Gasteiger partial charge on any atom is -0.309 e. The average Bonchev–Trinajstić information content (AvgIpc) is 3.09. The van der Waals surface area contributed by atoms with Gasteiger partial charge in [-0.3, -0.25) is 9.59 Å². The van der Waals surface area contributed by atoms with Crippen LogP contribution in [0.4, 0.5) is 0 Å². The van der Waals surface area contributed by atoms with Crippen LogP contribution >= 0.6 is 35.0 Å². The van der Waals surface area contributed by atoms with Crippen molar-refractivity contribution in [2.24, 2.45) is 14.1 Å². The summed E-state index contributed by atoms with van der Waals surface area (Å²) in [6, 6.07) is 12.2. The molecule has 0 spiro atoms. The first-order chi connectivity index (χ1) is 14.8. The van der Waals surface area contributed by atoms with Gasteiger partial charge in [0, 0.05) is 30.1 Å². The SMILES string of the molecule is Cn1c(Cc2nn(C)c(=O)c3ccccc23)nnc1SCC(=O)c1ccc(Cl)cc1Cl. The molecular formula is C21H17Cl2N5O2S. The van der Waals surface area contributed by atoms with Gasteiger partial charge >= 0.3 is 0 Å². The van der Waals surface area contributed by atoms with Gasteiger partial charge in [-0.15, -0.1) is 10.2 Å². The molecule has 0 unspecified atom stereocenters. The van der Waals surface area contributed by atoms with E-state index < -0.39 is 0 Å². The molecule has 2 aromatic carbocycles. The minimum atomic E-state index is -0.145. The van der Waals surface area contributed by atoms with Crippen LogP contribution < -0.4 is 5.56 Å². The molecule has 0 radical (unpaired) electrons. The van der Waals surface area contributed by atoms with E-state index in [0.717, 1.165) is 11.1 Å². The number of hydrogen-bond acceptors (Lipinski definition) is 6. The number of aromatic nitrogens is 5. The Labute approximate surface area is 192 Å². The maximum atomic E-state index is 12.5. The van der Waals surface area contributed by atoms with Gasteiger partial charge in [-0.1, -0.05) is 53.2 Å². The fourth-order valence-electron chi connectivity index (χ4n) is 3.20. The Morgan fingerprint density at radius 3 is 2.55 bits per heavy atom. The van der Waals surface area contributed by atoms with Crippen LogP contribution in [0.25, 0.3) is 10.8 Å². The number of ketones is 1. The molecule has 31 heavy (non-hydrogen) atoms. The van der Waals surface area contributed by atoms with Crippen LogP contribution in [0.5, 0.6) is 0 Å². The lowest BCUT2D eigenvalue weighted by Gasteiger charge is -2.08. The number of halogens is 2. The van der Waals surface area contributed by atoms with E-state index in [1.54, 1.807) is 31.3 Å². The van der Waals surface area contributed by atoms with Crippen molar-refractivity contribution in [2.75, 3.05) is 5.75 Å². The van der Waals surface area contributed by atoms with Gasteiger partial charge in [0.15, 0.2) is 10.9 Å². The highest BCUT2D eigenvalue weighted by Crippen LogP contribution is 2.25. The standard InChI is InChI=1S/C21H17Cl2N5O2S/c1-27-19(10-17-13-5-3-4-6-14(13)20(30)28(2)26-17)24-25-21(27)31-11-18(29)15-8-7-12(22)9-16(15)23/h3-9H,10-11H2,1-2H3. The molecule has 0 atom stereocenters. The lowest BCUT2D eigenvalue weighted by atomic mass is 10.1. The van der Waals surface area contributed by atoms with E-state index in [1.165, 1.54) is 16.4 Å². The summed E-state index contributed by atoms with van der Waals surface area (Å²) >= 11 is 13.3. The highest BCUT2D eigenvalue weighted by Gasteiger charge is 2.17. The summed E-state index contributed by atoms with van der Waals surface area (Å²) in [5, 5.41) is 15.7. The average molecular weight is 474 g/mol. The maximum Gasteiger partial charge on any atom is 0.274 e. The monoisotopic (exact) mass is 473 g/mol. The molecule has 0 saturated heterocycles. The van der Waals surface area contributed by atoms with E-state index in [-0.39, 0.29) is 17.1 Å². The molecule has 0 fully saturated rings. The number of Topliss-reactive ketones (excluding diaryl/α,β-unsaturated/α-hetero) is 1. The van der Waals surface area contributed by atoms with Crippen LogP contribution in [-0.2, 0) is 20.5 Å². The van der Waals surface area contributed by atoms with Gasteiger partial charge in [-0.2, -0.15) is 5.10 Å². The number of fused-ring (bicyclic) bond motifs is 1.